The molecular formula is C10H11F2OS+. The zero-order chi connectivity index (χ0) is 10.7. The number of carbonyl (C=O) groups excluding carboxylic acids is 1. The molecule has 0 saturated heterocycles. The van der Waals surface area contributed by atoms with Crippen molar-refractivity contribution >= 4 is 16.7 Å². The lowest BCUT2D eigenvalue weighted by Gasteiger charge is -2.01. The SMILES string of the molecule is C[S+](C)CC(=O)c1c(F)cccc1F. The van der Waals surface area contributed by atoms with Gasteiger partial charge in [0.25, 0.3) is 0 Å². The molecule has 0 fully saturated rings. The molecule has 0 aliphatic rings. The fourth-order valence-electron chi connectivity index (χ4n) is 1.10. The number of hydrogen-bond donors (Lipinski definition) is 0. The topological polar surface area (TPSA) is 17.1 Å². The molecule has 0 spiro atoms. The van der Waals surface area contributed by atoms with Crippen molar-refractivity contribution in [3.8, 4) is 0 Å². The van der Waals surface area contributed by atoms with Gasteiger partial charge in [0.05, 0.1) is 18.1 Å². The molecule has 0 N–H and O–H groups in total. The van der Waals surface area contributed by atoms with E-state index in [9.17, 15) is 13.6 Å². The van der Waals surface area contributed by atoms with Crippen LogP contribution in [0.3, 0.4) is 0 Å². The predicted molar refractivity (Wildman–Crippen MR) is 54.8 cm³/mol. The van der Waals surface area contributed by atoms with Gasteiger partial charge >= 0.3 is 0 Å². The van der Waals surface area contributed by atoms with Gasteiger partial charge in [-0.05, 0) is 23.0 Å². The van der Waals surface area contributed by atoms with Crippen molar-refractivity contribution in [2.24, 2.45) is 0 Å². The Morgan fingerprint density at radius 2 is 1.79 bits per heavy atom. The minimum atomic E-state index is -0.777. The van der Waals surface area contributed by atoms with Gasteiger partial charge in [-0.25, -0.2) is 8.78 Å². The van der Waals surface area contributed by atoms with E-state index in [2.05, 4.69) is 0 Å². The largest absolute Gasteiger partial charge is 0.289 e. The normalized spacial score (nSPS) is 10.6. The van der Waals surface area contributed by atoms with Gasteiger partial charge in [-0.2, -0.15) is 0 Å². The molecule has 1 aromatic rings. The zero-order valence-electron chi connectivity index (χ0n) is 8.01. The average Bonchev–Trinajstić information content (AvgIpc) is 2.01. The average molecular weight is 217 g/mol. The van der Waals surface area contributed by atoms with Gasteiger partial charge in [-0.1, -0.05) is 6.07 Å². The minimum Gasteiger partial charge on any atom is -0.289 e. The highest BCUT2D eigenvalue weighted by Gasteiger charge is 2.21. The quantitative estimate of drug-likeness (QED) is 0.559. The van der Waals surface area contributed by atoms with E-state index < -0.39 is 23.0 Å². The van der Waals surface area contributed by atoms with E-state index in [0.29, 0.717) is 0 Å². The summed E-state index contributed by atoms with van der Waals surface area (Å²) in [6, 6.07) is 3.44. The Kier molecular flexibility index (Phi) is 3.63. The molecule has 14 heavy (non-hydrogen) atoms. The maximum Gasteiger partial charge on any atom is 0.217 e. The first-order valence-electron chi connectivity index (χ1n) is 4.03. The molecule has 0 aliphatic carbocycles. The van der Waals surface area contributed by atoms with Crippen LogP contribution in [0.25, 0.3) is 0 Å². The highest BCUT2D eigenvalue weighted by Crippen LogP contribution is 2.13. The van der Waals surface area contributed by atoms with Crippen molar-refractivity contribution in [3.05, 3.63) is 35.4 Å². The molecule has 0 atom stereocenters. The van der Waals surface area contributed by atoms with Gasteiger partial charge in [-0.15, -0.1) is 0 Å². The Labute approximate surface area is 84.5 Å². The molecule has 0 heterocycles. The molecule has 0 aromatic heterocycles. The summed E-state index contributed by atoms with van der Waals surface area (Å²) < 4.78 is 26.2. The summed E-state index contributed by atoms with van der Waals surface area (Å²) in [5.74, 6) is -1.83. The van der Waals surface area contributed by atoms with Crippen LogP contribution in [0, 0.1) is 11.6 Å². The lowest BCUT2D eigenvalue weighted by molar-refractivity contribution is 0.101. The summed E-state index contributed by atoms with van der Waals surface area (Å²) >= 11 is 0. The first-order chi connectivity index (χ1) is 6.52. The third-order valence-electron chi connectivity index (χ3n) is 1.66. The Morgan fingerprint density at radius 1 is 1.29 bits per heavy atom. The smallest absolute Gasteiger partial charge is 0.217 e. The molecule has 1 nitrogen and oxygen atoms in total. The molecule has 0 amide bonds. The summed E-state index contributed by atoms with van der Waals surface area (Å²) in [4.78, 5) is 11.4. The van der Waals surface area contributed by atoms with Crippen molar-refractivity contribution in [1.29, 1.82) is 0 Å². The van der Waals surface area contributed by atoms with Crippen LogP contribution in [0.2, 0.25) is 0 Å². The van der Waals surface area contributed by atoms with Crippen molar-refractivity contribution in [2.75, 3.05) is 18.3 Å². The van der Waals surface area contributed by atoms with Crippen molar-refractivity contribution in [1.82, 2.24) is 0 Å². The fourth-order valence-corrected chi connectivity index (χ4v) is 1.77. The van der Waals surface area contributed by atoms with Gasteiger partial charge < -0.3 is 0 Å². The summed E-state index contributed by atoms with van der Waals surface area (Å²) in [6.07, 6.45) is 3.72. The molecule has 0 saturated carbocycles. The van der Waals surface area contributed by atoms with Gasteiger partial charge in [0.1, 0.15) is 11.6 Å². The molecule has 1 aromatic carbocycles. The van der Waals surface area contributed by atoms with Crippen LogP contribution in [0.1, 0.15) is 10.4 Å². The molecular weight excluding hydrogens is 206 g/mol. The maximum atomic E-state index is 13.1. The number of rotatable bonds is 3. The summed E-state index contributed by atoms with van der Waals surface area (Å²) in [5, 5.41) is 0. The number of halogens is 2. The van der Waals surface area contributed by atoms with Crippen LogP contribution >= 0.6 is 0 Å². The Hall–Kier alpha value is -0.900. The van der Waals surface area contributed by atoms with Gasteiger partial charge in [0.15, 0.2) is 5.75 Å². The van der Waals surface area contributed by atoms with E-state index in [0.717, 1.165) is 12.1 Å². The minimum absolute atomic E-state index is 0.146. The first kappa shape index (κ1) is 11.2. The fraction of sp³-hybridized carbons (Fsp3) is 0.300. The second-order valence-corrected chi connectivity index (χ2v) is 5.41. The standard InChI is InChI=1S/C10H11F2OS/c1-14(2)6-9(13)10-7(11)4-3-5-8(10)12/h3-5H,6H2,1-2H3/q+1. The highest BCUT2D eigenvalue weighted by molar-refractivity contribution is 7.96. The molecule has 4 heteroatoms. The zero-order valence-corrected chi connectivity index (χ0v) is 8.83. The maximum absolute atomic E-state index is 13.1. The molecule has 1 rings (SSSR count). The van der Waals surface area contributed by atoms with Crippen LogP contribution in [0.4, 0.5) is 8.78 Å². The molecule has 76 valence electrons. The van der Waals surface area contributed by atoms with E-state index in [1.165, 1.54) is 6.07 Å². The van der Waals surface area contributed by atoms with Gasteiger partial charge in [0, 0.05) is 0 Å². The van der Waals surface area contributed by atoms with Crippen LogP contribution in [-0.2, 0) is 10.9 Å². The van der Waals surface area contributed by atoms with Crippen LogP contribution < -0.4 is 0 Å². The summed E-state index contributed by atoms with van der Waals surface area (Å²) in [7, 11) is -0.146. The van der Waals surface area contributed by atoms with Crippen LogP contribution in [0.15, 0.2) is 18.2 Å². The van der Waals surface area contributed by atoms with Crippen molar-refractivity contribution in [2.45, 2.75) is 0 Å². The van der Waals surface area contributed by atoms with E-state index in [1.54, 1.807) is 0 Å². The third-order valence-corrected chi connectivity index (χ3v) is 2.50. The Morgan fingerprint density at radius 3 is 2.21 bits per heavy atom. The van der Waals surface area contributed by atoms with Gasteiger partial charge in [0.2, 0.25) is 5.78 Å². The number of carbonyl (C=O) groups is 1. The monoisotopic (exact) mass is 217 g/mol. The van der Waals surface area contributed by atoms with E-state index >= 15 is 0 Å². The lowest BCUT2D eigenvalue weighted by Crippen LogP contribution is -2.16. The third kappa shape index (κ3) is 2.54. The molecule has 0 aliphatic heterocycles. The lowest BCUT2D eigenvalue weighted by atomic mass is 10.1. The summed E-state index contributed by atoms with van der Waals surface area (Å²) in [6.45, 7) is 0. The molecule has 0 radical (unpaired) electrons. The van der Waals surface area contributed by atoms with Gasteiger partial charge in [-0.3, -0.25) is 4.79 Å². The summed E-state index contributed by atoms with van der Waals surface area (Å²) in [5.41, 5.74) is -0.409. The Bertz CT molecular complexity index is 330. The van der Waals surface area contributed by atoms with E-state index in [-0.39, 0.29) is 16.6 Å². The number of benzene rings is 1. The number of ketones is 1. The number of Topliss-reactive ketones (excluding diaryl/α,β-unsaturated/α-hetero) is 1. The number of hydrogen-bond acceptors (Lipinski definition) is 1. The Balaban J connectivity index is 3.00. The predicted octanol–water partition coefficient (Wildman–Crippen LogP) is 2.03. The van der Waals surface area contributed by atoms with E-state index in [4.69, 9.17) is 0 Å². The van der Waals surface area contributed by atoms with Crippen LogP contribution in [-0.4, -0.2) is 24.0 Å². The molecule has 0 bridgehead atoms. The van der Waals surface area contributed by atoms with Crippen molar-refractivity contribution < 1.29 is 13.6 Å². The van der Waals surface area contributed by atoms with E-state index in [1.807, 2.05) is 12.5 Å². The second kappa shape index (κ2) is 4.55. The first-order valence-corrected chi connectivity index (χ1v) is 6.25. The highest BCUT2D eigenvalue weighted by atomic mass is 32.2. The second-order valence-electron chi connectivity index (χ2n) is 3.15. The van der Waals surface area contributed by atoms with Crippen molar-refractivity contribution in [3.63, 3.8) is 0 Å². The van der Waals surface area contributed by atoms with Crippen LogP contribution in [0.5, 0.6) is 0 Å². The molecule has 0 unspecified atom stereocenters.